The van der Waals surface area contributed by atoms with Crippen LogP contribution in [0.5, 0.6) is 0 Å². The number of aromatic nitrogens is 4. The zero-order valence-corrected chi connectivity index (χ0v) is 14.2. The number of nitrogens with zero attached hydrogens (tertiary/aromatic N) is 4. The van der Waals surface area contributed by atoms with Gasteiger partial charge in [0.25, 0.3) is 5.91 Å². The number of hydrogen-bond acceptors (Lipinski definition) is 5. The topological polar surface area (TPSA) is 85.3 Å². The first-order valence-electron chi connectivity index (χ1n) is 8.75. The van der Waals surface area contributed by atoms with Crippen LogP contribution >= 0.6 is 0 Å². The summed E-state index contributed by atoms with van der Waals surface area (Å²) >= 11 is 0. The van der Waals surface area contributed by atoms with Crippen LogP contribution in [0.25, 0.3) is 5.52 Å². The summed E-state index contributed by atoms with van der Waals surface area (Å²) < 4.78 is 7.08. The van der Waals surface area contributed by atoms with Crippen molar-refractivity contribution < 1.29 is 9.32 Å². The third-order valence-corrected chi connectivity index (χ3v) is 4.73. The molecule has 1 amide bonds. The van der Waals surface area contributed by atoms with Crippen molar-refractivity contribution in [2.75, 3.05) is 6.54 Å². The molecule has 3 aromatic rings. The third kappa shape index (κ3) is 3.26. The van der Waals surface area contributed by atoms with Crippen LogP contribution in [0, 0.1) is 6.92 Å². The van der Waals surface area contributed by atoms with Crippen molar-refractivity contribution in [2.24, 2.45) is 0 Å². The van der Waals surface area contributed by atoms with Crippen LogP contribution in [0.2, 0.25) is 0 Å². The van der Waals surface area contributed by atoms with E-state index in [1.807, 2.05) is 25.3 Å². The second-order valence-electron chi connectivity index (χ2n) is 6.63. The first-order chi connectivity index (χ1) is 12.2. The normalized spacial score (nSPS) is 15.1. The Morgan fingerprint density at radius 3 is 3.04 bits per heavy atom. The monoisotopic (exact) mass is 339 g/mol. The van der Waals surface area contributed by atoms with Crippen LogP contribution in [0.3, 0.4) is 0 Å². The van der Waals surface area contributed by atoms with Crippen molar-refractivity contribution in [3.05, 3.63) is 47.4 Å². The largest absolute Gasteiger partial charge is 0.351 e. The Hall–Kier alpha value is -2.70. The number of amides is 1. The second kappa shape index (κ2) is 6.66. The molecule has 1 aliphatic carbocycles. The summed E-state index contributed by atoms with van der Waals surface area (Å²) in [5, 5.41) is 11.2. The quantitative estimate of drug-likeness (QED) is 0.772. The SMILES string of the molecule is Cc1ccc2c(C(=O)NCCc3noc(C4CCCC4)n3)cnn2c1. The summed E-state index contributed by atoms with van der Waals surface area (Å²) in [7, 11) is 0. The minimum absolute atomic E-state index is 0.140. The maximum Gasteiger partial charge on any atom is 0.255 e. The average molecular weight is 339 g/mol. The molecule has 0 saturated heterocycles. The van der Waals surface area contributed by atoms with Gasteiger partial charge in [-0.25, -0.2) is 4.52 Å². The van der Waals surface area contributed by atoms with Gasteiger partial charge in [-0.05, 0) is 31.4 Å². The fraction of sp³-hybridized carbons (Fsp3) is 0.444. The smallest absolute Gasteiger partial charge is 0.255 e. The summed E-state index contributed by atoms with van der Waals surface area (Å²) in [6.07, 6.45) is 8.78. The predicted octanol–water partition coefficient (Wildman–Crippen LogP) is 2.66. The molecule has 0 aliphatic heterocycles. The number of hydrogen-bond donors (Lipinski definition) is 1. The highest BCUT2D eigenvalue weighted by Crippen LogP contribution is 2.32. The Bertz CT molecular complexity index is 892. The first kappa shape index (κ1) is 15.8. The molecule has 0 unspecified atom stereocenters. The van der Waals surface area contributed by atoms with E-state index in [1.54, 1.807) is 10.7 Å². The number of carbonyl (C=O) groups is 1. The summed E-state index contributed by atoms with van der Waals surface area (Å²) in [4.78, 5) is 16.8. The molecule has 0 radical (unpaired) electrons. The van der Waals surface area contributed by atoms with Gasteiger partial charge < -0.3 is 9.84 Å². The zero-order valence-electron chi connectivity index (χ0n) is 14.2. The van der Waals surface area contributed by atoms with Gasteiger partial charge in [-0.3, -0.25) is 4.79 Å². The Kier molecular flexibility index (Phi) is 4.21. The van der Waals surface area contributed by atoms with E-state index in [9.17, 15) is 4.79 Å². The molecule has 1 saturated carbocycles. The van der Waals surface area contributed by atoms with Gasteiger partial charge in [0.05, 0.1) is 17.3 Å². The van der Waals surface area contributed by atoms with Gasteiger partial charge in [0, 0.05) is 25.1 Å². The van der Waals surface area contributed by atoms with Gasteiger partial charge in [-0.2, -0.15) is 10.1 Å². The average Bonchev–Trinajstić information content (AvgIpc) is 3.34. The maximum atomic E-state index is 12.4. The standard InChI is InChI=1S/C18H21N5O2/c1-12-6-7-15-14(10-20-23(15)11-12)17(24)19-9-8-16-21-18(25-22-16)13-4-2-3-5-13/h6-7,10-11,13H,2-5,8-9H2,1H3,(H,19,24). The molecule has 25 heavy (non-hydrogen) atoms. The lowest BCUT2D eigenvalue weighted by Gasteiger charge is -2.02. The molecule has 0 aromatic carbocycles. The Morgan fingerprint density at radius 2 is 2.20 bits per heavy atom. The van der Waals surface area contributed by atoms with Crippen LogP contribution < -0.4 is 5.32 Å². The van der Waals surface area contributed by atoms with Gasteiger partial charge in [0.2, 0.25) is 5.89 Å². The van der Waals surface area contributed by atoms with Crippen molar-refractivity contribution in [1.82, 2.24) is 25.1 Å². The Balaban J connectivity index is 1.35. The second-order valence-corrected chi connectivity index (χ2v) is 6.63. The van der Waals surface area contributed by atoms with Crippen molar-refractivity contribution in [1.29, 1.82) is 0 Å². The lowest BCUT2D eigenvalue weighted by molar-refractivity contribution is 0.0955. The lowest BCUT2D eigenvalue weighted by atomic mass is 10.1. The fourth-order valence-corrected chi connectivity index (χ4v) is 3.35. The maximum absolute atomic E-state index is 12.4. The van der Waals surface area contributed by atoms with E-state index >= 15 is 0 Å². The summed E-state index contributed by atoms with van der Waals surface area (Å²) in [5.41, 5.74) is 2.46. The fourth-order valence-electron chi connectivity index (χ4n) is 3.35. The minimum Gasteiger partial charge on any atom is -0.351 e. The number of carbonyl (C=O) groups excluding carboxylic acids is 1. The number of nitrogens with one attached hydrogen (secondary N) is 1. The van der Waals surface area contributed by atoms with Crippen LogP contribution in [-0.4, -0.2) is 32.2 Å². The van der Waals surface area contributed by atoms with Crippen LogP contribution in [0.15, 0.2) is 29.0 Å². The van der Waals surface area contributed by atoms with Crippen molar-refractivity contribution >= 4 is 11.4 Å². The Morgan fingerprint density at radius 1 is 1.36 bits per heavy atom. The van der Waals surface area contributed by atoms with E-state index < -0.39 is 0 Å². The molecular formula is C18H21N5O2. The van der Waals surface area contributed by atoms with Gasteiger partial charge in [-0.15, -0.1) is 0 Å². The van der Waals surface area contributed by atoms with E-state index in [0.29, 0.717) is 30.3 Å². The summed E-state index contributed by atoms with van der Waals surface area (Å²) in [6, 6.07) is 3.88. The van der Waals surface area contributed by atoms with Crippen LogP contribution in [0.1, 0.15) is 59.2 Å². The van der Waals surface area contributed by atoms with Crippen LogP contribution in [-0.2, 0) is 6.42 Å². The zero-order chi connectivity index (χ0) is 17.2. The molecule has 3 aromatic heterocycles. The molecule has 0 atom stereocenters. The molecule has 1 aliphatic rings. The molecule has 1 N–H and O–H groups in total. The number of aryl methyl sites for hydroxylation is 1. The van der Waals surface area contributed by atoms with E-state index in [4.69, 9.17) is 4.52 Å². The first-order valence-corrected chi connectivity index (χ1v) is 8.75. The number of pyridine rings is 1. The van der Waals surface area contributed by atoms with Gasteiger partial charge >= 0.3 is 0 Å². The number of rotatable bonds is 5. The molecule has 0 bridgehead atoms. The predicted molar refractivity (Wildman–Crippen MR) is 91.5 cm³/mol. The molecular weight excluding hydrogens is 318 g/mol. The number of fused-ring (bicyclic) bond motifs is 1. The summed E-state index contributed by atoms with van der Waals surface area (Å²) in [5.74, 6) is 1.67. The van der Waals surface area contributed by atoms with E-state index in [2.05, 4.69) is 20.6 Å². The molecule has 4 rings (SSSR count). The highest BCUT2D eigenvalue weighted by Gasteiger charge is 2.22. The van der Waals surface area contributed by atoms with Gasteiger partial charge in [0.15, 0.2) is 5.82 Å². The third-order valence-electron chi connectivity index (χ3n) is 4.73. The molecule has 3 heterocycles. The Labute approximate surface area is 145 Å². The molecule has 1 fully saturated rings. The van der Waals surface area contributed by atoms with Crippen molar-refractivity contribution in [3.8, 4) is 0 Å². The van der Waals surface area contributed by atoms with Crippen LogP contribution in [0.4, 0.5) is 0 Å². The summed E-state index contributed by atoms with van der Waals surface area (Å²) in [6.45, 7) is 2.46. The molecule has 130 valence electrons. The highest BCUT2D eigenvalue weighted by molar-refractivity contribution is 6.00. The minimum atomic E-state index is -0.140. The van der Waals surface area contributed by atoms with Crippen molar-refractivity contribution in [2.45, 2.75) is 44.9 Å². The lowest BCUT2D eigenvalue weighted by Crippen LogP contribution is -2.25. The van der Waals surface area contributed by atoms with E-state index in [0.717, 1.165) is 29.8 Å². The highest BCUT2D eigenvalue weighted by atomic mass is 16.5. The van der Waals surface area contributed by atoms with E-state index in [-0.39, 0.29) is 5.91 Å². The van der Waals surface area contributed by atoms with E-state index in [1.165, 1.54) is 12.8 Å². The van der Waals surface area contributed by atoms with Gasteiger partial charge in [0.1, 0.15) is 0 Å². The van der Waals surface area contributed by atoms with Crippen molar-refractivity contribution in [3.63, 3.8) is 0 Å². The molecule has 7 heteroatoms. The molecule has 0 spiro atoms. The van der Waals surface area contributed by atoms with Gasteiger partial charge in [-0.1, -0.05) is 24.1 Å². The molecule has 7 nitrogen and oxygen atoms in total.